The summed E-state index contributed by atoms with van der Waals surface area (Å²) >= 11 is 3.20. The third kappa shape index (κ3) is 4.57. The number of nitro benzene ring substituents is 1. The fourth-order valence-corrected chi connectivity index (χ4v) is 2.21. The topological polar surface area (TPSA) is 83.7 Å². The van der Waals surface area contributed by atoms with Gasteiger partial charge in [-0.25, -0.2) is 0 Å². The molecule has 0 amide bonds. The highest BCUT2D eigenvalue weighted by molar-refractivity contribution is 9.10. The summed E-state index contributed by atoms with van der Waals surface area (Å²) in [7, 11) is 0. The maximum absolute atomic E-state index is 11.1. The van der Waals surface area contributed by atoms with Gasteiger partial charge in [0.05, 0.1) is 11.5 Å². The van der Waals surface area contributed by atoms with E-state index in [0.29, 0.717) is 10.0 Å². The van der Waals surface area contributed by atoms with E-state index in [4.69, 9.17) is 5.11 Å². The van der Waals surface area contributed by atoms with Crippen LogP contribution >= 0.6 is 15.9 Å². The number of nitro groups is 1. The average molecular weight is 345 g/mol. The van der Waals surface area contributed by atoms with Crippen LogP contribution in [0.25, 0.3) is 0 Å². The number of aliphatic carboxylic acids is 1. The Bertz CT molecular complexity index is 507. The lowest BCUT2D eigenvalue weighted by Crippen LogP contribution is -2.36. The number of carboxylic acid groups (broad SMARTS) is 1. The predicted octanol–water partition coefficient (Wildman–Crippen LogP) is 3.04. The molecule has 1 atom stereocenters. The monoisotopic (exact) mass is 344 g/mol. The molecule has 6 nitrogen and oxygen atoms in total. The SMILES string of the molecule is CCC(C)N(CC(=O)O)Cc1ccc(Br)cc1[N+](=O)[O-]. The number of halogens is 1. The molecule has 0 heterocycles. The highest BCUT2D eigenvalue weighted by Gasteiger charge is 2.21. The predicted molar refractivity (Wildman–Crippen MR) is 78.6 cm³/mol. The van der Waals surface area contributed by atoms with Crippen LogP contribution in [-0.2, 0) is 11.3 Å². The summed E-state index contributed by atoms with van der Waals surface area (Å²) in [5.41, 5.74) is 0.512. The molecule has 0 aliphatic heterocycles. The largest absolute Gasteiger partial charge is 0.480 e. The highest BCUT2D eigenvalue weighted by atomic mass is 79.9. The van der Waals surface area contributed by atoms with E-state index < -0.39 is 10.9 Å². The summed E-state index contributed by atoms with van der Waals surface area (Å²) in [5, 5.41) is 20.0. The second-order valence-corrected chi connectivity index (χ2v) is 5.50. The quantitative estimate of drug-likeness (QED) is 0.607. The van der Waals surface area contributed by atoms with Gasteiger partial charge in [-0.05, 0) is 25.5 Å². The zero-order valence-electron chi connectivity index (χ0n) is 11.4. The van der Waals surface area contributed by atoms with E-state index in [-0.39, 0.29) is 24.8 Å². The average Bonchev–Trinajstić information content (AvgIpc) is 2.38. The normalized spacial score (nSPS) is 12.4. The number of carboxylic acids is 1. The third-order valence-corrected chi connectivity index (χ3v) is 3.66. The van der Waals surface area contributed by atoms with Gasteiger partial charge < -0.3 is 5.11 Å². The fraction of sp³-hybridized carbons (Fsp3) is 0.462. The molecule has 0 fully saturated rings. The van der Waals surface area contributed by atoms with Gasteiger partial charge in [0.2, 0.25) is 0 Å². The molecule has 0 saturated heterocycles. The minimum Gasteiger partial charge on any atom is -0.480 e. The van der Waals surface area contributed by atoms with E-state index in [1.165, 1.54) is 6.07 Å². The molecule has 0 aliphatic carbocycles. The van der Waals surface area contributed by atoms with E-state index >= 15 is 0 Å². The molecule has 20 heavy (non-hydrogen) atoms. The maximum atomic E-state index is 11.1. The van der Waals surface area contributed by atoms with Crippen molar-refractivity contribution in [2.75, 3.05) is 6.54 Å². The van der Waals surface area contributed by atoms with Crippen molar-refractivity contribution in [2.24, 2.45) is 0 Å². The summed E-state index contributed by atoms with van der Waals surface area (Å²) in [6, 6.07) is 4.84. The molecule has 1 aromatic rings. The van der Waals surface area contributed by atoms with Crippen LogP contribution in [0, 0.1) is 10.1 Å². The number of nitrogens with zero attached hydrogens (tertiary/aromatic N) is 2. The smallest absolute Gasteiger partial charge is 0.317 e. The van der Waals surface area contributed by atoms with Crippen molar-refractivity contribution < 1.29 is 14.8 Å². The van der Waals surface area contributed by atoms with Crippen LogP contribution in [0.4, 0.5) is 5.69 Å². The first-order valence-electron chi connectivity index (χ1n) is 6.23. The van der Waals surface area contributed by atoms with Gasteiger partial charge in [-0.15, -0.1) is 0 Å². The maximum Gasteiger partial charge on any atom is 0.317 e. The van der Waals surface area contributed by atoms with Gasteiger partial charge >= 0.3 is 5.97 Å². The summed E-state index contributed by atoms with van der Waals surface area (Å²) in [4.78, 5) is 23.2. The molecule has 1 N–H and O–H groups in total. The number of carbonyl (C=O) groups is 1. The van der Waals surface area contributed by atoms with E-state index in [1.807, 2.05) is 13.8 Å². The standard InChI is InChI=1S/C13H17BrN2O4/c1-3-9(2)15(8-13(17)18)7-10-4-5-11(14)6-12(10)16(19)20/h4-6,9H,3,7-8H2,1-2H3,(H,17,18). The van der Waals surface area contributed by atoms with Crippen molar-refractivity contribution in [3.05, 3.63) is 38.3 Å². The van der Waals surface area contributed by atoms with Crippen LogP contribution in [0.15, 0.2) is 22.7 Å². The van der Waals surface area contributed by atoms with Gasteiger partial charge in [0.25, 0.3) is 5.69 Å². The minimum atomic E-state index is -0.940. The Morgan fingerprint density at radius 2 is 2.20 bits per heavy atom. The number of rotatable bonds is 7. The molecular formula is C13H17BrN2O4. The van der Waals surface area contributed by atoms with Gasteiger partial charge in [0, 0.05) is 28.7 Å². The number of hydrogen-bond donors (Lipinski definition) is 1. The minimum absolute atomic E-state index is 0.00179. The van der Waals surface area contributed by atoms with Crippen LogP contribution in [0.1, 0.15) is 25.8 Å². The Morgan fingerprint density at radius 3 is 2.70 bits per heavy atom. The Labute approximate surface area is 125 Å². The van der Waals surface area contributed by atoms with Crippen LogP contribution < -0.4 is 0 Å². The first-order chi connectivity index (χ1) is 9.35. The molecule has 0 aromatic heterocycles. The zero-order chi connectivity index (χ0) is 15.3. The van der Waals surface area contributed by atoms with Gasteiger partial charge in [0.15, 0.2) is 0 Å². The molecule has 0 saturated carbocycles. The lowest BCUT2D eigenvalue weighted by molar-refractivity contribution is -0.385. The van der Waals surface area contributed by atoms with Crippen molar-refractivity contribution in [1.29, 1.82) is 0 Å². The number of hydrogen-bond acceptors (Lipinski definition) is 4. The van der Waals surface area contributed by atoms with Crippen LogP contribution in [0.2, 0.25) is 0 Å². The summed E-state index contributed by atoms with van der Waals surface area (Å²) in [6.07, 6.45) is 0.775. The van der Waals surface area contributed by atoms with E-state index in [2.05, 4.69) is 15.9 Å². The van der Waals surface area contributed by atoms with Gasteiger partial charge in [0.1, 0.15) is 0 Å². The van der Waals surface area contributed by atoms with E-state index in [0.717, 1.165) is 6.42 Å². The Hall–Kier alpha value is -1.47. The van der Waals surface area contributed by atoms with Crippen molar-refractivity contribution in [1.82, 2.24) is 4.90 Å². The lowest BCUT2D eigenvalue weighted by Gasteiger charge is -2.26. The molecule has 0 spiro atoms. The second kappa shape index (κ2) is 7.35. The number of benzene rings is 1. The van der Waals surface area contributed by atoms with Crippen molar-refractivity contribution in [3.8, 4) is 0 Å². The van der Waals surface area contributed by atoms with Crippen molar-refractivity contribution in [3.63, 3.8) is 0 Å². The Balaban J connectivity index is 3.04. The molecule has 0 bridgehead atoms. The van der Waals surface area contributed by atoms with Gasteiger partial charge in [-0.3, -0.25) is 19.8 Å². The van der Waals surface area contributed by atoms with E-state index in [9.17, 15) is 14.9 Å². The first kappa shape index (κ1) is 16.6. The summed E-state index contributed by atoms with van der Waals surface area (Å²) in [5.74, 6) is -0.940. The molecule has 1 rings (SSSR count). The van der Waals surface area contributed by atoms with Crippen LogP contribution in [-0.4, -0.2) is 33.5 Å². The Morgan fingerprint density at radius 1 is 1.55 bits per heavy atom. The van der Waals surface area contributed by atoms with Crippen molar-refractivity contribution >= 4 is 27.6 Å². The zero-order valence-corrected chi connectivity index (χ0v) is 13.0. The van der Waals surface area contributed by atoms with Crippen molar-refractivity contribution in [2.45, 2.75) is 32.9 Å². The third-order valence-electron chi connectivity index (χ3n) is 3.17. The lowest BCUT2D eigenvalue weighted by atomic mass is 10.1. The van der Waals surface area contributed by atoms with Gasteiger partial charge in [-0.2, -0.15) is 0 Å². The first-order valence-corrected chi connectivity index (χ1v) is 7.03. The molecule has 7 heteroatoms. The molecule has 1 unspecified atom stereocenters. The fourth-order valence-electron chi connectivity index (χ4n) is 1.86. The second-order valence-electron chi connectivity index (χ2n) is 4.59. The Kier molecular flexibility index (Phi) is 6.09. The molecule has 0 aliphatic rings. The molecule has 0 radical (unpaired) electrons. The summed E-state index contributed by atoms with van der Waals surface area (Å²) < 4.78 is 0.626. The van der Waals surface area contributed by atoms with Crippen LogP contribution in [0.3, 0.4) is 0 Å². The van der Waals surface area contributed by atoms with Gasteiger partial charge in [-0.1, -0.05) is 22.9 Å². The highest BCUT2D eigenvalue weighted by Crippen LogP contribution is 2.25. The molecule has 110 valence electrons. The van der Waals surface area contributed by atoms with E-state index in [1.54, 1.807) is 17.0 Å². The summed E-state index contributed by atoms with van der Waals surface area (Å²) in [6.45, 7) is 3.97. The molecular weight excluding hydrogens is 328 g/mol. The van der Waals surface area contributed by atoms with Crippen LogP contribution in [0.5, 0.6) is 0 Å². The molecule has 1 aromatic carbocycles.